The lowest BCUT2D eigenvalue weighted by Crippen LogP contribution is -2.40. The number of nitrogens with zero attached hydrogens (tertiary/aromatic N) is 1. The molecule has 0 saturated carbocycles. The molecule has 108 valence electrons. The Kier molecular flexibility index (Phi) is 6.44. The minimum atomic E-state index is -3.46. The Bertz CT molecular complexity index is 462. The second-order valence-electron chi connectivity index (χ2n) is 4.56. The lowest BCUT2D eigenvalue weighted by atomic mass is 10.0. The molecule has 0 bridgehead atoms. The zero-order chi connectivity index (χ0) is 14.3. The topological polar surface area (TPSA) is 69.6 Å². The van der Waals surface area contributed by atoms with Crippen LogP contribution in [0.15, 0.2) is 30.3 Å². The van der Waals surface area contributed by atoms with E-state index >= 15 is 0 Å². The molecule has 1 aromatic carbocycles. The van der Waals surface area contributed by atoms with Gasteiger partial charge in [0.05, 0.1) is 0 Å². The van der Waals surface area contributed by atoms with Crippen LogP contribution in [-0.2, 0) is 10.2 Å². The Balaban J connectivity index is 2.51. The molecule has 0 amide bonds. The predicted molar refractivity (Wildman–Crippen MR) is 76.1 cm³/mol. The van der Waals surface area contributed by atoms with Gasteiger partial charge in [0.1, 0.15) is 0 Å². The molecule has 0 heterocycles. The van der Waals surface area contributed by atoms with Crippen LogP contribution < -0.4 is 4.72 Å². The second-order valence-corrected chi connectivity index (χ2v) is 6.43. The third-order valence-electron chi connectivity index (χ3n) is 2.98. The highest BCUT2D eigenvalue weighted by Gasteiger charge is 2.17. The Labute approximate surface area is 115 Å². The average Bonchev–Trinajstić information content (AvgIpc) is 2.43. The molecule has 6 heteroatoms. The molecule has 1 unspecified atom stereocenters. The number of aliphatic hydroxyl groups is 1. The summed E-state index contributed by atoms with van der Waals surface area (Å²) >= 11 is 0. The number of nitrogens with one attached hydrogen (secondary N) is 1. The molecule has 0 saturated heterocycles. The van der Waals surface area contributed by atoms with Gasteiger partial charge in [-0.05, 0) is 17.9 Å². The fourth-order valence-electron chi connectivity index (χ4n) is 1.65. The van der Waals surface area contributed by atoms with Crippen LogP contribution in [0.4, 0.5) is 0 Å². The normalized spacial score (nSPS) is 13.7. The number of rotatable bonds is 8. The van der Waals surface area contributed by atoms with E-state index in [2.05, 4.69) is 4.72 Å². The van der Waals surface area contributed by atoms with Gasteiger partial charge in [0.15, 0.2) is 0 Å². The van der Waals surface area contributed by atoms with E-state index in [0.717, 1.165) is 5.56 Å². The molecule has 1 atom stereocenters. The van der Waals surface area contributed by atoms with Gasteiger partial charge in [-0.2, -0.15) is 12.7 Å². The Morgan fingerprint density at radius 1 is 1.32 bits per heavy atom. The molecule has 0 aliphatic rings. The summed E-state index contributed by atoms with van der Waals surface area (Å²) in [6.45, 7) is 2.63. The molecule has 5 nitrogen and oxygen atoms in total. The minimum Gasteiger partial charge on any atom is -0.396 e. The molecular weight excluding hydrogens is 264 g/mol. The van der Waals surface area contributed by atoms with Crippen LogP contribution in [0.1, 0.15) is 24.8 Å². The summed E-state index contributed by atoms with van der Waals surface area (Å²) in [5.41, 5.74) is 1.10. The second kappa shape index (κ2) is 7.59. The van der Waals surface area contributed by atoms with Crippen molar-refractivity contribution >= 4 is 10.2 Å². The van der Waals surface area contributed by atoms with Crippen molar-refractivity contribution in [3.8, 4) is 0 Å². The first kappa shape index (κ1) is 16.1. The molecular formula is C13H22N2O3S. The third-order valence-corrected chi connectivity index (χ3v) is 4.52. The lowest BCUT2D eigenvalue weighted by Gasteiger charge is -2.19. The quantitative estimate of drug-likeness (QED) is 0.747. The molecule has 0 aliphatic heterocycles. The van der Waals surface area contributed by atoms with Gasteiger partial charge in [-0.25, -0.2) is 4.72 Å². The molecule has 0 spiro atoms. The van der Waals surface area contributed by atoms with Crippen molar-refractivity contribution in [2.45, 2.75) is 19.3 Å². The Hall–Kier alpha value is -0.950. The number of benzene rings is 1. The van der Waals surface area contributed by atoms with E-state index in [9.17, 15) is 8.42 Å². The molecule has 0 aliphatic carbocycles. The maximum absolute atomic E-state index is 11.9. The monoisotopic (exact) mass is 286 g/mol. The maximum atomic E-state index is 11.9. The Morgan fingerprint density at radius 3 is 2.53 bits per heavy atom. The van der Waals surface area contributed by atoms with E-state index in [1.165, 1.54) is 11.4 Å². The van der Waals surface area contributed by atoms with Crippen molar-refractivity contribution in [3.05, 3.63) is 35.9 Å². The van der Waals surface area contributed by atoms with Crippen molar-refractivity contribution in [2.75, 3.05) is 26.7 Å². The maximum Gasteiger partial charge on any atom is 0.279 e. The summed E-state index contributed by atoms with van der Waals surface area (Å²) in [6, 6.07) is 9.77. The largest absolute Gasteiger partial charge is 0.396 e. The highest BCUT2D eigenvalue weighted by atomic mass is 32.2. The van der Waals surface area contributed by atoms with Crippen LogP contribution in [0.5, 0.6) is 0 Å². The van der Waals surface area contributed by atoms with Gasteiger partial charge in [-0.1, -0.05) is 37.3 Å². The first-order valence-corrected chi connectivity index (χ1v) is 7.78. The molecule has 0 aromatic heterocycles. The van der Waals surface area contributed by atoms with Crippen LogP contribution in [0.2, 0.25) is 0 Å². The standard InChI is InChI=1S/C13H22N2O3S/c1-12(13-7-4-3-5-8-13)11-14-19(17,18)15(2)9-6-10-16/h3-5,7-8,12,14,16H,6,9-11H2,1-2H3. The van der Waals surface area contributed by atoms with Gasteiger partial charge in [-0.3, -0.25) is 0 Å². The van der Waals surface area contributed by atoms with Crippen LogP contribution in [0.25, 0.3) is 0 Å². The predicted octanol–water partition coefficient (Wildman–Crippen LogP) is 0.939. The van der Waals surface area contributed by atoms with E-state index in [1.54, 1.807) is 0 Å². The number of hydrogen-bond acceptors (Lipinski definition) is 3. The van der Waals surface area contributed by atoms with Gasteiger partial charge in [0.25, 0.3) is 10.2 Å². The number of aliphatic hydroxyl groups excluding tert-OH is 1. The van der Waals surface area contributed by atoms with E-state index in [-0.39, 0.29) is 12.5 Å². The SMILES string of the molecule is CC(CNS(=O)(=O)N(C)CCCO)c1ccccc1. The Morgan fingerprint density at radius 2 is 1.95 bits per heavy atom. The summed E-state index contributed by atoms with van der Waals surface area (Å²) in [6.07, 6.45) is 0.436. The van der Waals surface area contributed by atoms with Crippen LogP contribution in [0.3, 0.4) is 0 Å². The van der Waals surface area contributed by atoms with E-state index in [4.69, 9.17) is 5.11 Å². The first-order chi connectivity index (χ1) is 8.97. The summed E-state index contributed by atoms with van der Waals surface area (Å²) in [7, 11) is -1.96. The van der Waals surface area contributed by atoms with Crippen molar-refractivity contribution < 1.29 is 13.5 Å². The van der Waals surface area contributed by atoms with Crippen LogP contribution in [0, 0.1) is 0 Å². The van der Waals surface area contributed by atoms with Gasteiger partial charge < -0.3 is 5.11 Å². The molecule has 0 radical (unpaired) electrons. The fourth-order valence-corrected chi connectivity index (χ4v) is 2.70. The van der Waals surface area contributed by atoms with Gasteiger partial charge in [0.2, 0.25) is 0 Å². The molecule has 0 fully saturated rings. The fraction of sp³-hybridized carbons (Fsp3) is 0.538. The van der Waals surface area contributed by atoms with Gasteiger partial charge in [-0.15, -0.1) is 0 Å². The van der Waals surface area contributed by atoms with E-state index in [0.29, 0.717) is 19.5 Å². The zero-order valence-electron chi connectivity index (χ0n) is 11.4. The lowest BCUT2D eigenvalue weighted by molar-refractivity contribution is 0.275. The third kappa shape index (κ3) is 5.28. The van der Waals surface area contributed by atoms with Crippen molar-refractivity contribution in [3.63, 3.8) is 0 Å². The smallest absolute Gasteiger partial charge is 0.279 e. The van der Waals surface area contributed by atoms with Crippen molar-refractivity contribution in [1.82, 2.24) is 9.03 Å². The highest BCUT2D eigenvalue weighted by molar-refractivity contribution is 7.87. The number of hydrogen-bond donors (Lipinski definition) is 2. The van der Waals surface area contributed by atoms with Crippen LogP contribution >= 0.6 is 0 Å². The highest BCUT2D eigenvalue weighted by Crippen LogP contribution is 2.13. The van der Waals surface area contributed by atoms with Crippen LogP contribution in [-0.4, -0.2) is 44.6 Å². The van der Waals surface area contributed by atoms with Gasteiger partial charge in [0, 0.05) is 26.7 Å². The zero-order valence-corrected chi connectivity index (χ0v) is 12.2. The van der Waals surface area contributed by atoms with Crippen molar-refractivity contribution in [1.29, 1.82) is 0 Å². The van der Waals surface area contributed by atoms with Crippen molar-refractivity contribution in [2.24, 2.45) is 0 Å². The van der Waals surface area contributed by atoms with E-state index in [1.807, 2.05) is 37.3 Å². The summed E-state index contributed by atoms with van der Waals surface area (Å²) in [5.74, 6) is 0.113. The molecule has 19 heavy (non-hydrogen) atoms. The first-order valence-electron chi connectivity index (χ1n) is 6.34. The minimum absolute atomic E-state index is 0.0136. The summed E-state index contributed by atoms with van der Waals surface area (Å²) in [4.78, 5) is 0. The molecule has 2 N–H and O–H groups in total. The molecule has 1 aromatic rings. The van der Waals surface area contributed by atoms with E-state index < -0.39 is 10.2 Å². The summed E-state index contributed by atoms with van der Waals surface area (Å²) < 4.78 is 27.6. The van der Waals surface area contributed by atoms with Gasteiger partial charge >= 0.3 is 0 Å². The average molecular weight is 286 g/mol. The summed E-state index contributed by atoms with van der Waals surface area (Å²) in [5, 5.41) is 8.71. The molecule has 1 rings (SSSR count).